The highest BCUT2D eigenvalue weighted by Gasteiger charge is 2.21. The van der Waals surface area contributed by atoms with E-state index in [1.165, 1.54) is 19.2 Å². The van der Waals surface area contributed by atoms with E-state index in [9.17, 15) is 8.42 Å². The fourth-order valence-electron chi connectivity index (χ4n) is 2.58. The summed E-state index contributed by atoms with van der Waals surface area (Å²) in [5, 5.41) is 0. The largest absolute Gasteiger partial charge is 0.496 e. The zero-order valence-electron chi connectivity index (χ0n) is 14.7. The number of hydrogen-bond acceptors (Lipinski definition) is 4. The summed E-state index contributed by atoms with van der Waals surface area (Å²) < 4.78 is 39.2. The Labute approximate surface area is 157 Å². The summed E-state index contributed by atoms with van der Waals surface area (Å²) in [5.41, 5.74) is 1.86. The zero-order valence-corrected chi connectivity index (χ0v) is 17.1. The Morgan fingerprint density at radius 1 is 1.08 bits per heavy atom. The van der Waals surface area contributed by atoms with E-state index in [-0.39, 0.29) is 10.9 Å². The number of ether oxygens (including phenoxy) is 2. The quantitative estimate of drug-likeness (QED) is 0.718. The second-order valence-corrected chi connectivity index (χ2v) is 8.18. The minimum absolute atomic E-state index is 0.184. The Morgan fingerprint density at radius 3 is 2.24 bits per heavy atom. The maximum atomic E-state index is 12.7. The molecule has 0 saturated heterocycles. The van der Waals surface area contributed by atoms with E-state index in [2.05, 4.69) is 20.7 Å². The van der Waals surface area contributed by atoms with Gasteiger partial charge in [0.25, 0.3) is 0 Å². The van der Waals surface area contributed by atoms with Crippen LogP contribution in [0.15, 0.2) is 45.8 Å². The van der Waals surface area contributed by atoms with Gasteiger partial charge in [0.15, 0.2) is 0 Å². The lowest BCUT2D eigenvalue weighted by Gasteiger charge is -2.19. The third kappa shape index (κ3) is 4.54. The first-order valence-electron chi connectivity index (χ1n) is 7.82. The Kier molecular flexibility index (Phi) is 6.48. The van der Waals surface area contributed by atoms with E-state index >= 15 is 0 Å². The van der Waals surface area contributed by atoms with Crippen LogP contribution in [-0.2, 0) is 10.0 Å². The molecule has 0 unspecified atom stereocenters. The molecular weight excluding hydrogens is 406 g/mol. The van der Waals surface area contributed by atoms with Gasteiger partial charge >= 0.3 is 0 Å². The Bertz CT molecular complexity index is 852. The van der Waals surface area contributed by atoms with Gasteiger partial charge in [0.05, 0.1) is 23.6 Å². The van der Waals surface area contributed by atoms with Crippen molar-refractivity contribution in [3.8, 4) is 11.5 Å². The van der Waals surface area contributed by atoms with E-state index in [1.807, 2.05) is 32.0 Å². The lowest BCUT2D eigenvalue weighted by Crippen LogP contribution is -2.28. The maximum Gasteiger partial charge on any atom is 0.241 e. The molecule has 0 heterocycles. The highest BCUT2D eigenvalue weighted by Crippen LogP contribution is 2.29. The van der Waals surface area contributed by atoms with Crippen LogP contribution in [0.1, 0.15) is 30.5 Å². The fraction of sp³-hybridized carbons (Fsp3) is 0.333. The molecule has 0 bridgehead atoms. The number of sulfonamides is 1. The van der Waals surface area contributed by atoms with Crippen LogP contribution in [0.5, 0.6) is 11.5 Å². The Morgan fingerprint density at radius 2 is 1.72 bits per heavy atom. The first-order valence-corrected chi connectivity index (χ1v) is 10.1. The smallest absolute Gasteiger partial charge is 0.241 e. The molecule has 2 aromatic carbocycles. The minimum atomic E-state index is -3.66. The van der Waals surface area contributed by atoms with Crippen molar-refractivity contribution in [2.24, 2.45) is 0 Å². The molecule has 0 amide bonds. The number of aryl methyl sites for hydroxylation is 1. The molecule has 1 atom stereocenters. The van der Waals surface area contributed by atoms with Crippen molar-refractivity contribution in [3.63, 3.8) is 0 Å². The van der Waals surface area contributed by atoms with Crippen molar-refractivity contribution in [2.45, 2.75) is 31.2 Å². The molecular formula is C18H22BrNO4S. The molecule has 5 nitrogen and oxygen atoms in total. The number of hydrogen-bond donors (Lipinski definition) is 1. The molecule has 0 aliphatic rings. The van der Waals surface area contributed by atoms with Gasteiger partial charge in [0, 0.05) is 6.04 Å². The van der Waals surface area contributed by atoms with Gasteiger partial charge in [-0.3, -0.25) is 0 Å². The van der Waals surface area contributed by atoms with Crippen molar-refractivity contribution < 1.29 is 17.9 Å². The Hall–Kier alpha value is -1.57. The molecule has 0 aromatic heterocycles. The van der Waals surface area contributed by atoms with E-state index in [1.54, 1.807) is 13.2 Å². The normalized spacial score (nSPS) is 12.7. The van der Waals surface area contributed by atoms with E-state index < -0.39 is 10.0 Å². The van der Waals surface area contributed by atoms with Gasteiger partial charge in [-0.15, -0.1) is 0 Å². The summed E-state index contributed by atoms with van der Waals surface area (Å²) in [7, 11) is -0.515. The van der Waals surface area contributed by atoms with Gasteiger partial charge in [0.2, 0.25) is 10.0 Å². The monoisotopic (exact) mass is 427 g/mol. The van der Waals surface area contributed by atoms with Crippen LogP contribution in [0.2, 0.25) is 0 Å². The number of halogens is 1. The third-order valence-electron chi connectivity index (χ3n) is 3.96. The molecule has 0 spiro atoms. The molecule has 136 valence electrons. The van der Waals surface area contributed by atoms with Gasteiger partial charge in [-0.2, -0.15) is 0 Å². The summed E-state index contributed by atoms with van der Waals surface area (Å²) in [4.78, 5) is 0.184. The number of rotatable bonds is 7. The van der Waals surface area contributed by atoms with Crippen LogP contribution in [0, 0.1) is 6.92 Å². The van der Waals surface area contributed by atoms with E-state index in [0.29, 0.717) is 16.6 Å². The maximum absolute atomic E-state index is 12.7. The molecule has 0 fully saturated rings. The minimum Gasteiger partial charge on any atom is -0.496 e. The van der Waals surface area contributed by atoms with Crippen LogP contribution < -0.4 is 14.2 Å². The van der Waals surface area contributed by atoms with Gasteiger partial charge in [0.1, 0.15) is 11.5 Å². The summed E-state index contributed by atoms with van der Waals surface area (Å²) in [5.74, 6) is 1.36. The summed E-state index contributed by atoms with van der Waals surface area (Å²) in [6.45, 7) is 3.88. The molecule has 0 radical (unpaired) electrons. The van der Waals surface area contributed by atoms with Gasteiger partial charge in [-0.1, -0.05) is 19.1 Å². The third-order valence-corrected chi connectivity index (χ3v) is 6.05. The Balaban J connectivity index is 2.31. The van der Waals surface area contributed by atoms with E-state index in [0.717, 1.165) is 16.9 Å². The lowest BCUT2D eigenvalue weighted by molar-refractivity contribution is 0.411. The molecule has 2 aromatic rings. The fourth-order valence-corrected chi connectivity index (χ4v) is 4.60. The second kappa shape index (κ2) is 8.21. The number of methoxy groups -OCH3 is 2. The van der Waals surface area contributed by atoms with Crippen LogP contribution in [0.25, 0.3) is 0 Å². The van der Waals surface area contributed by atoms with Crippen LogP contribution in [0.3, 0.4) is 0 Å². The molecule has 1 N–H and O–H groups in total. The van der Waals surface area contributed by atoms with Gasteiger partial charge in [-0.25, -0.2) is 13.1 Å². The average molecular weight is 428 g/mol. The van der Waals surface area contributed by atoms with E-state index in [4.69, 9.17) is 9.47 Å². The molecule has 0 aliphatic carbocycles. The molecule has 7 heteroatoms. The van der Waals surface area contributed by atoms with Crippen molar-refractivity contribution in [1.82, 2.24) is 4.72 Å². The first kappa shape index (κ1) is 19.8. The second-order valence-electron chi connectivity index (χ2n) is 5.61. The van der Waals surface area contributed by atoms with Gasteiger partial charge in [-0.05, 0) is 64.7 Å². The number of benzene rings is 2. The first-order chi connectivity index (χ1) is 11.8. The average Bonchev–Trinajstić information content (AvgIpc) is 2.59. The van der Waals surface area contributed by atoms with Crippen LogP contribution in [0.4, 0.5) is 0 Å². The lowest BCUT2D eigenvalue weighted by atomic mass is 10.0. The standard InChI is InChI=1S/C18H22BrNO4S/c1-5-16(13-6-8-17(23-3)12(2)10-13)20-25(21,22)14-7-9-18(24-4)15(19)11-14/h6-11,16,20H,5H2,1-4H3/t16-/m0/s1. The van der Waals surface area contributed by atoms with Crippen LogP contribution in [-0.4, -0.2) is 22.6 Å². The predicted molar refractivity (Wildman–Crippen MR) is 102 cm³/mol. The van der Waals surface area contributed by atoms with Crippen molar-refractivity contribution in [2.75, 3.05) is 14.2 Å². The van der Waals surface area contributed by atoms with Crippen molar-refractivity contribution >= 4 is 26.0 Å². The zero-order chi connectivity index (χ0) is 18.6. The van der Waals surface area contributed by atoms with Crippen LogP contribution >= 0.6 is 15.9 Å². The molecule has 2 rings (SSSR count). The highest BCUT2D eigenvalue weighted by molar-refractivity contribution is 9.10. The van der Waals surface area contributed by atoms with Gasteiger partial charge < -0.3 is 9.47 Å². The topological polar surface area (TPSA) is 64.6 Å². The summed E-state index contributed by atoms with van der Waals surface area (Å²) in [6.07, 6.45) is 0.627. The molecule has 0 aliphatic heterocycles. The summed E-state index contributed by atoms with van der Waals surface area (Å²) >= 11 is 3.32. The SMILES string of the molecule is CC[C@H](NS(=O)(=O)c1ccc(OC)c(Br)c1)c1ccc(OC)c(C)c1. The van der Waals surface area contributed by atoms with Crippen molar-refractivity contribution in [1.29, 1.82) is 0 Å². The summed E-state index contributed by atoms with van der Waals surface area (Å²) in [6, 6.07) is 10.0. The molecule has 25 heavy (non-hydrogen) atoms. The molecule has 0 saturated carbocycles. The van der Waals surface area contributed by atoms with Crippen molar-refractivity contribution in [3.05, 3.63) is 52.0 Å². The number of nitrogens with one attached hydrogen (secondary N) is 1. The predicted octanol–water partition coefficient (Wildman–Crippen LogP) is 4.20. The highest BCUT2D eigenvalue weighted by atomic mass is 79.9.